The molecule has 2 rings (SSSR count). The van der Waals surface area contributed by atoms with E-state index in [2.05, 4.69) is 15.6 Å². The van der Waals surface area contributed by atoms with Crippen molar-refractivity contribution in [1.82, 2.24) is 15.6 Å². The lowest BCUT2D eigenvalue weighted by atomic mass is 10.2. The molecule has 0 atom stereocenters. The first kappa shape index (κ1) is 16.2. The molecule has 0 aliphatic rings. The number of nitrogens with zero attached hydrogens (tertiary/aromatic N) is 1. The minimum absolute atomic E-state index is 0.0915. The van der Waals surface area contributed by atoms with Crippen LogP contribution in [0.15, 0.2) is 54.7 Å². The van der Waals surface area contributed by atoms with Crippen molar-refractivity contribution >= 4 is 17.9 Å². The fourth-order valence-corrected chi connectivity index (χ4v) is 1.67. The van der Waals surface area contributed by atoms with Gasteiger partial charge in [0.2, 0.25) is 0 Å². The maximum absolute atomic E-state index is 11.6. The second-order valence-electron chi connectivity index (χ2n) is 4.51. The number of aromatic nitrogens is 1. The second-order valence-corrected chi connectivity index (χ2v) is 4.51. The molecule has 1 heterocycles. The van der Waals surface area contributed by atoms with Gasteiger partial charge in [-0.3, -0.25) is 10.1 Å². The highest BCUT2D eigenvalue weighted by Gasteiger charge is 2.12. The van der Waals surface area contributed by atoms with E-state index in [0.717, 1.165) is 5.56 Å². The Morgan fingerprint density at radius 1 is 1.00 bits per heavy atom. The molecule has 2 aromatic rings. The number of carbonyl (C=O) groups excluding carboxylic acids is 3. The summed E-state index contributed by atoms with van der Waals surface area (Å²) in [4.78, 5) is 38.5. The minimum atomic E-state index is -0.731. The summed E-state index contributed by atoms with van der Waals surface area (Å²) < 4.78 is 4.76. The van der Waals surface area contributed by atoms with Gasteiger partial charge in [-0.15, -0.1) is 0 Å². The molecule has 0 aliphatic heterocycles. The second kappa shape index (κ2) is 8.28. The van der Waals surface area contributed by atoms with E-state index in [1.165, 1.54) is 12.3 Å². The van der Waals surface area contributed by atoms with Crippen molar-refractivity contribution in [3.63, 3.8) is 0 Å². The number of esters is 1. The van der Waals surface area contributed by atoms with Gasteiger partial charge in [0, 0.05) is 12.7 Å². The van der Waals surface area contributed by atoms with Crippen LogP contribution in [0.3, 0.4) is 0 Å². The lowest BCUT2D eigenvalue weighted by Gasteiger charge is -2.07. The molecule has 0 saturated heterocycles. The van der Waals surface area contributed by atoms with Gasteiger partial charge in [0.1, 0.15) is 5.69 Å². The number of ether oxygens (including phenoxy) is 1. The van der Waals surface area contributed by atoms with Gasteiger partial charge >= 0.3 is 12.0 Å². The number of rotatable bonds is 5. The summed E-state index contributed by atoms with van der Waals surface area (Å²) >= 11 is 0. The van der Waals surface area contributed by atoms with Crippen LogP contribution in [0, 0.1) is 0 Å². The number of nitrogens with one attached hydrogen (secondary N) is 2. The average molecular weight is 313 g/mol. The molecule has 1 aromatic carbocycles. The lowest BCUT2D eigenvalue weighted by Crippen LogP contribution is -2.41. The van der Waals surface area contributed by atoms with Crippen molar-refractivity contribution in [3.05, 3.63) is 66.0 Å². The average Bonchev–Trinajstić information content (AvgIpc) is 2.59. The highest BCUT2D eigenvalue weighted by atomic mass is 16.5. The molecule has 118 valence electrons. The van der Waals surface area contributed by atoms with Gasteiger partial charge in [0.25, 0.3) is 5.91 Å². The van der Waals surface area contributed by atoms with Crippen molar-refractivity contribution in [2.75, 3.05) is 6.61 Å². The Morgan fingerprint density at radius 2 is 1.74 bits per heavy atom. The summed E-state index contributed by atoms with van der Waals surface area (Å²) in [6, 6.07) is 13.3. The molecule has 0 fully saturated rings. The van der Waals surface area contributed by atoms with Crippen molar-refractivity contribution in [2.45, 2.75) is 6.54 Å². The third-order valence-corrected chi connectivity index (χ3v) is 2.76. The highest BCUT2D eigenvalue weighted by Crippen LogP contribution is 1.97. The van der Waals surface area contributed by atoms with Gasteiger partial charge in [0.05, 0.1) is 0 Å². The van der Waals surface area contributed by atoms with Gasteiger partial charge in [0.15, 0.2) is 6.61 Å². The number of imide groups is 1. The van der Waals surface area contributed by atoms with Gasteiger partial charge in [-0.25, -0.2) is 14.6 Å². The number of hydrogen-bond acceptors (Lipinski definition) is 5. The molecule has 2 N–H and O–H groups in total. The van der Waals surface area contributed by atoms with E-state index in [0.29, 0.717) is 0 Å². The lowest BCUT2D eigenvalue weighted by molar-refractivity contribution is -0.123. The molecule has 0 saturated carbocycles. The topological polar surface area (TPSA) is 97.4 Å². The van der Waals surface area contributed by atoms with Gasteiger partial charge in [-0.2, -0.15) is 0 Å². The summed E-state index contributed by atoms with van der Waals surface area (Å²) in [5, 5.41) is 4.60. The van der Waals surface area contributed by atoms with Crippen LogP contribution >= 0.6 is 0 Å². The SMILES string of the molecule is O=C(COC(=O)c1ccccn1)NC(=O)NCc1ccccc1. The number of urea groups is 1. The van der Waals surface area contributed by atoms with E-state index < -0.39 is 24.5 Å². The smallest absolute Gasteiger partial charge is 0.357 e. The van der Waals surface area contributed by atoms with Crippen molar-refractivity contribution in [2.24, 2.45) is 0 Å². The predicted octanol–water partition coefficient (Wildman–Crippen LogP) is 1.26. The van der Waals surface area contributed by atoms with Crippen LogP contribution in [-0.4, -0.2) is 29.5 Å². The predicted molar refractivity (Wildman–Crippen MR) is 81.3 cm³/mol. The van der Waals surface area contributed by atoms with E-state index in [-0.39, 0.29) is 12.2 Å². The number of hydrogen-bond donors (Lipinski definition) is 2. The van der Waals surface area contributed by atoms with Crippen LogP contribution in [0.25, 0.3) is 0 Å². The summed E-state index contributed by atoms with van der Waals surface area (Å²) in [6.07, 6.45) is 1.44. The first-order valence-corrected chi connectivity index (χ1v) is 6.85. The monoisotopic (exact) mass is 313 g/mol. The Morgan fingerprint density at radius 3 is 2.43 bits per heavy atom. The van der Waals surface area contributed by atoms with Crippen LogP contribution in [0.5, 0.6) is 0 Å². The fourth-order valence-electron chi connectivity index (χ4n) is 1.67. The van der Waals surface area contributed by atoms with Crippen molar-refractivity contribution < 1.29 is 19.1 Å². The first-order chi connectivity index (χ1) is 11.1. The molecular formula is C16H15N3O4. The molecule has 1 aromatic heterocycles. The van der Waals surface area contributed by atoms with E-state index in [1.54, 1.807) is 12.1 Å². The Balaban J connectivity index is 1.70. The van der Waals surface area contributed by atoms with E-state index >= 15 is 0 Å². The van der Waals surface area contributed by atoms with Crippen LogP contribution in [0.2, 0.25) is 0 Å². The zero-order valence-electron chi connectivity index (χ0n) is 12.2. The van der Waals surface area contributed by atoms with E-state index in [9.17, 15) is 14.4 Å². The maximum atomic E-state index is 11.6. The van der Waals surface area contributed by atoms with Gasteiger partial charge in [-0.1, -0.05) is 36.4 Å². The zero-order valence-corrected chi connectivity index (χ0v) is 12.2. The molecule has 0 spiro atoms. The largest absolute Gasteiger partial charge is 0.451 e. The van der Waals surface area contributed by atoms with Crippen LogP contribution < -0.4 is 10.6 Å². The molecule has 7 heteroatoms. The standard InChI is InChI=1S/C16H15N3O4/c20-14(11-23-15(21)13-8-4-5-9-17-13)19-16(22)18-10-12-6-2-1-3-7-12/h1-9H,10-11H2,(H2,18,19,20,22). The Bertz CT molecular complexity index is 674. The quantitative estimate of drug-likeness (QED) is 0.810. The minimum Gasteiger partial charge on any atom is -0.451 e. The van der Waals surface area contributed by atoms with Crippen LogP contribution in [-0.2, 0) is 16.1 Å². The third kappa shape index (κ3) is 5.58. The normalized spacial score (nSPS) is 9.74. The molecular weight excluding hydrogens is 298 g/mol. The van der Waals surface area contributed by atoms with E-state index in [4.69, 9.17) is 4.74 Å². The molecule has 3 amide bonds. The molecule has 0 radical (unpaired) electrons. The summed E-state index contributed by atoms with van der Waals surface area (Å²) in [5.74, 6) is -1.45. The first-order valence-electron chi connectivity index (χ1n) is 6.85. The number of amides is 3. The van der Waals surface area contributed by atoms with Gasteiger partial charge in [-0.05, 0) is 17.7 Å². The molecule has 7 nitrogen and oxygen atoms in total. The van der Waals surface area contributed by atoms with Crippen molar-refractivity contribution in [1.29, 1.82) is 0 Å². The molecule has 0 unspecified atom stereocenters. The Kier molecular flexibility index (Phi) is 5.81. The number of benzene rings is 1. The zero-order chi connectivity index (χ0) is 16.5. The fraction of sp³-hybridized carbons (Fsp3) is 0.125. The molecule has 0 aliphatic carbocycles. The Hall–Kier alpha value is -3.22. The summed E-state index contributed by atoms with van der Waals surface area (Å²) in [5.41, 5.74) is 0.991. The maximum Gasteiger partial charge on any atom is 0.357 e. The molecule has 0 bridgehead atoms. The van der Waals surface area contributed by atoms with Crippen LogP contribution in [0.1, 0.15) is 16.1 Å². The third-order valence-electron chi connectivity index (χ3n) is 2.76. The van der Waals surface area contributed by atoms with Gasteiger partial charge < -0.3 is 10.1 Å². The number of carbonyl (C=O) groups is 3. The van der Waals surface area contributed by atoms with E-state index in [1.807, 2.05) is 30.3 Å². The Labute approximate surface area is 132 Å². The van der Waals surface area contributed by atoms with Crippen LogP contribution in [0.4, 0.5) is 4.79 Å². The highest BCUT2D eigenvalue weighted by molar-refractivity contribution is 5.96. The van der Waals surface area contributed by atoms with Crippen molar-refractivity contribution in [3.8, 4) is 0 Å². The number of pyridine rings is 1. The summed E-state index contributed by atoms with van der Waals surface area (Å²) in [6.45, 7) is -0.276. The molecule has 23 heavy (non-hydrogen) atoms. The summed E-state index contributed by atoms with van der Waals surface area (Å²) in [7, 11) is 0.